The maximum absolute atomic E-state index is 12.7. The lowest BCUT2D eigenvalue weighted by molar-refractivity contribution is -0.123. The summed E-state index contributed by atoms with van der Waals surface area (Å²) in [5.41, 5.74) is 5.36. The maximum Gasteiger partial charge on any atom is 0.472 e. The molecule has 0 aromatic carbocycles. The number of phosphoric acid groups is 1. The highest BCUT2D eigenvalue weighted by Gasteiger charge is 2.26. The molecule has 0 aliphatic rings. The third kappa shape index (κ3) is 37.1. The Kier molecular flexibility index (Phi) is 38.4. The topological polar surface area (TPSA) is 131 Å². The molecular formula is C43H83N2O6P. The van der Waals surface area contributed by atoms with Gasteiger partial charge in [-0.3, -0.25) is 13.8 Å². The quantitative estimate of drug-likeness (QED) is 0.0278. The van der Waals surface area contributed by atoms with Gasteiger partial charge < -0.3 is 21.1 Å². The molecule has 0 bridgehead atoms. The zero-order chi connectivity index (χ0) is 38.2. The number of carbonyl (C=O) groups excluding carboxylic acids is 1. The van der Waals surface area contributed by atoms with Crippen LogP contribution in [0.3, 0.4) is 0 Å². The van der Waals surface area contributed by atoms with Crippen molar-refractivity contribution in [3.8, 4) is 0 Å². The highest BCUT2D eigenvalue weighted by atomic mass is 31.2. The summed E-state index contributed by atoms with van der Waals surface area (Å²) in [6.45, 7) is 4.09. The number of nitrogens with two attached hydrogens (primary N) is 1. The summed E-state index contributed by atoms with van der Waals surface area (Å²) in [5, 5.41) is 13.6. The molecule has 0 radical (unpaired) electrons. The van der Waals surface area contributed by atoms with E-state index in [4.69, 9.17) is 14.8 Å². The van der Waals surface area contributed by atoms with E-state index in [0.717, 1.165) is 38.5 Å². The fourth-order valence-electron chi connectivity index (χ4n) is 6.14. The fourth-order valence-corrected chi connectivity index (χ4v) is 6.90. The van der Waals surface area contributed by atoms with E-state index < -0.39 is 20.0 Å². The molecule has 0 rings (SSSR count). The van der Waals surface area contributed by atoms with Gasteiger partial charge in [-0.2, -0.15) is 0 Å². The molecule has 3 atom stereocenters. The van der Waals surface area contributed by atoms with Crippen LogP contribution in [0.2, 0.25) is 0 Å². The summed E-state index contributed by atoms with van der Waals surface area (Å²) in [5.74, 6) is -0.207. The van der Waals surface area contributed by atoms with Crippen LogP contribution >= 0.6 is 7.82 Å². The first-order valence-electron chi connectivity index (χ1n) is 21.6. The average Bonchev–Trinajstić information content (AvgIpc) is 3.13. The van der Waals surface area contributed by atoms with Crippen LogP contribution in [0.4, 0.5) is 0 Å². The van der Waals surface area contributed by atoms with E-state index in [-0.39, 0.29) is 25.7 Å². The number of phosphoric ester groups is 1. The summed E-state index contributed by atoms with van der Waals surface area (Å²) in [6, 6.07) is -0.876. The van der Waals surface area contributed by atoms with Gasteiger partial charge in [0.1, 0.15) is 0 Å². The zero-order valence-electron chi connectivity index (χ0n) is 33.8. The van der Waals surface area contributed by atoms with E-state index in [1.54, 1.807) is 6.08 Å². The lowest BCUT2D eigenvalue weighted by Gasteiger charge is -2.23. The normalized spacial score (nSPS) is 14.5. The number of carbonyl (C=O) groups is 1. The number of hydrogen-bond donors (Lipinski definition) is 4. The number of hydrogen-bond acceptors (Lipinski definition) is 6. The second-order valence-corrected chi connectivity index (χ2v) is 16.0. The molecule has 9 heteroatoms. The molecule has 0 saturated heterocycles. The molecule has 0 fully saturated rings. The molecule has 0 aliphatic heterocycles. The molecule has 0 aromatic heterocycles. The molecule has 52 heavy (non-hydrogen) atoms. The molecule has 0 aliphatic carbocycles. The molecule has 0 spiro atoms. The van der Waals surface area contributed by atoms with E-state index in [2.05, 4.69) is 43.5 Å². The van der Waals surface area contributed by atoms with Gasteiger partial charge in [-0.25, -0.2) is 4.57 Å². The van der Waals surface area contributed by atoms with Gasteiger partial charge in [-0.1, -0.05) is 172 Å². The van der Waals surface area contributed by atoms with E-state index in [9.17, 15) is 19.4 Å². The molecule has 8 nitrogen and oxygen atoms in total. The smallest absolute Gasteiger partial charge is 0.387 e. The van der Waals surface area contributed by atoms with E-state index in [0.29, 0.717) is 6.42 Å². The highest BCUT2D eigenvalue weighted by molar-refractivity contribution is 7.47. The summed E-state index contributed by atoms with van der Waals surface area (Å²) >= 11 is 0. The minimum Gasteiger partial charge on any atom is -0.387 e. The minimum absolute atomic E-state index is 0.0736. The van der Waals surface area contributed by atoms with Crippen molar-refractivity contribution in [1.29, 1.82) is 0 Å². The van der Waals surface area contributed by atoms with Crippen molar-refractivity contribution in [2.75, 3.05) is 19.8 Å². The summed E-state index contributed by atoms with van der Waals surface area (Å²) in [7, 11) is -4.34. The van der Waals surface area contributed by atoms with Crippen LogP contribution in [0.5, 0.6) is 0 Å². The van der Waals surface area contributed by atoms with Gasteiger partial charge >= 0.3 is 7.82 Å². The average molecular weight is 755 g/mol. The number of aliphatic hydroxyl groups is 1. The van der Waals surface area contributed by atoms with Gasteiger partial charge in [0.05, 0.1) is 25.4 Å². The van der Waals surface area contributed by atoms with Crippen LogP contribution in [0, 0.1) is 0 Å². The Balaban J connectivity index is 4.17. The summed E-state index contributed by atoms with van der Waals surface area (Å²) < 4.78 is 22.1. The van der Waals surface area contributed by atoms with E-state index in [1.165, 1.54) is 141 Å². The Labute approximate surface area is 320 Å². The second kappa shape index (κ2) is 39.4. The van der Waals surface area contributed by atoms with Gasteiger partial charge in [-0.15, -0.1) is 0 Å². The number of rotatable bonds is 40. The Morgan fingerprint density at radius 1 is 0.615 bits per heavy atom. The van der Waals surface area contributed by atoms with Crippen LogP contribution in [-0.4, -0.2) is 47.8 Å². The van der Waals surface area contributed by atoms with Gasteiger partial charge in [0.15, 0.2) is 0 Å². The standard InChI is InChI=1S/C43H83N2O6P/c1-3-5-7-9-11-13-15-17-18-19-20-21-22-23-24-25-27-29-31-33-35-37-43(47)45-41(40-51-52(48,49)50-39-38-44)42(46)36-34-32-30-28-26-16-14-12-10-8-6-4-2/h19-20,26,28,34,36,41-42,46H,3-18,21-25,27,29-33,35,37-40,44H2,1-2H3,(H,45,47)(H,48,49)/b20-19-,28-26+,36-34+. The third-order valence-corrected chi connectivity index (χ3v) is 10.4. The van der Waals surface area contributed by atoms with Crippen molar-refractivity contribution >= 4 is 13.7 Å². The molecule has 5 N–H and O–H groups in total. The maximum atomic E-state index is 12.7. The highest BCUT2D eigenvalue weighted by Crippen LogP contribution is 2.43. The van der Waals surface area contributed by atoms with Gasteiger partial charge in [0.25, 0.3) is 0 Å². The Bertz CT molecular complexity index is 912. The van der Waals surface area contributed by atoms with Crippen LogP contribution in [0.1, 0.15) is 200 Å². The molecular weight excluding hydrogens is 671 g/mol. The van der Waals surface area contributed by atoms with Crippen molar-refractivity contribution < 1.29 is 28.4 Å². The number of unbranched alkanes of at least 4 members (excludes halogenated alkanes) is 24. The van der Waals surface area contributed by atoms with Crippen molar-refractivity contribution in [2.45, 2.75) is 212 Å². The predicted molar refractivity (Wildman–Crippen MR) is 221 cm³/mol. The second-order valence-electron chi connectivity index (χ2n) is 14.5. The fraction of sp³-hybridized carbons (Fsp3) is 0.837. The lowest BCUT2D eigenvalue weighted by Crippen LogP contribution is -2.45. The van der Waals surface area contributed by atoms with Crippen LogP contribution in [0.25, 0.3) is 0 Å². The number of aliphatic hydroxyl groups excluding tert-OH is 1. The van der Waals surface area contributed by atoms with Crippen molar-refractivity contribution in [1.82, 2.24) is 5.32 Å². The number of allylic oxidation sites excluding steroid dienone is 5. The van der Waals surface area contributed by atoms with Crippen LogP contribution in [0.15, 0.2) is 36.5 Å². The lowest BCUT2D eigenvalue weighted by atomic mass is 10.0. The van der Waals surface area contributed by atoms with Crippen molar-refractivity contribution in [2.24, 2.45) is 5.73 Å². The third-order valence-electron chi connectivity index (χ3n) is 9.44. The Morgan fingerprint density at radius 2 is 1.02 bits per heavy atom. The minimum atomic E-state index is -4.34. The van der Waals surface area contributed by atoms with Gasteiger partial charge in [0.2, 0.25) is 5.91 Å². The van der Waals surface area contributed by atoms with Crippen molar-refractivity contribution in [3.05, 3.63) is 36.5 Å². The molecule has 0 heterocycles. The first-order chi connectivity index (χ1) is 25.4. The molecule has 0 aromatic rings. The first kappa shape index (κ1) is 50.7. The summed E-state index contributed by atoms with van der Waals surface area (Å²) in [4.78, 5) is 22.7. The molecule has 1 amide bonds. The van der Waals surface area contributed by atoms with Crippen molar-refractivity contribution in [3.63, 3.8) is 0 Å². The monoisotopic (exact) mass is 755 g/mol. The molecule has 306 valence electrons. The zero-order valence-corrected chi connectivity index (χ0v) is 34.7. The van der Waals surface area contributed by atoms with Crippen LogP contribution in [-0.2, 0) is 18.4 Å². The SMILES string of the molecule is CCCCCCCC/C=C/CC/C=C/C(O)C(COP(=O)(O)OCCN)NC(=O)CCCCCCCCCCC/C=C\CCCCCCCCCC. The predicted octanol–water partition coefficient (Wildman–Crippen LogP) is 11.9. The Hall–Kier alpha value is -1.28. The number of nitrogens with one attached hydrogen (secondary N) is 1. The summed E-state index contributed by atoms with van der Waals surface area (Å²) in [6.07, 6.45) is 46.3. The van der Waals surface area contributed by atoms with Crippen LogP contribution < -0.4 is 11.1 Å². The van der Waals surface area contributed by atoms with E-state index >= 15 is 0 Å². The number of amides is 1. The first-order valence-corrected chi connectivity index (χ1v) is 23.1. The Morgan fingerprint density at radius 3 is 1.48 bits per heavy atom. The van der Waals surface area contributed by atoms with Gasteiger partial charge in [0, 0.05) is 13.0 Å². The van der Waals surface area contributed by atoms with Gasteiger partial charge in [-0.05, 0) is 57.8 Å². The van der Waals surface area contributed by atoms with E-state index in [1.807, 2.05) is 6.08 Å². The molecule has 3 unspecified atom stereocenters. The molecule has 0 saturated carbocycles. The largest absolute Gasteiger partial charge is 0.472 e.